The lowest BCUT2D eigenvalue weighted by atomic mass is 9.47. The van der Waals surface area contributed by atoms with Crippen molar-refractivity contribution in [2.45, 2.75) is 64.3 Å². The van der Waals surface area contributed by atoms with Crippen molar-refractivity contribution in [1.29, 1.82) is 0 Å². The van der Waals surface area contributed by atoms with E-state index in [1.165, 1.54) is 38.6 Å². The molecule has 1 aromatic heterocycles. The summed E-state index contributed by atoms with van der Waals surface area (Å²) >= 11 is 1.85. The predicted molar refractivity (Wildman–Crippen MR) is 90.7 cm³/mol. The molecule has 116 valence electrons. The van der Waals surface area contributed by atoms with Gasteiger partial charge in [0.15, 0.2) is 0 Å². The van der Waals surface area contributed by atoms with Crippen molar-refractivity contribution in [2.75, 3.05) is 6.54 Å². The third-order valence-corrected chi connectivity index (χ3v) is 7.22. The van der Waals surface area contributed by atoms with Gasteiger partial charge in [-0.15, -0.1) is 0 Å². The molecule has 1 aromatic rings. The molecule has 5 rings (SSSR count). The summed E-state index contributed by atoms with van der Waals surface area (Å²) in [4.78, 5) is 0. The van der Waals surface area contributed by atoms with Gasteiger partial charge in [-0.1, -0.05) is 6.92 Å². The first-order valence-electron chi connectivity index (χ1n) is 9.02. The van der Waals surface area contributed by atoms with E-state index >= 15 is 0 Å². The molecule has 4 fully saturated rings. The van der Waals surface area contributed by atoms with Gasteiger partial charge >= 0.3 is 0 Å². The normalized spacial score (nSPS) is 38.8. The van der Waals surface area contributed by atoms with Crippen LogP contribution in [0.15, 0.2) is 16.8 Å². The summed E-state index contributed by atoms with van der Waals surface area (Å²) < 4.78 is 0. The third kappa shape index (κ3) is 2.70. The monoisotopic (exact) mass is 303 g/mol. The Balaban J connectivity index is 1.56. The zero-order valence-corrected chi connectivity index (χ0v) is 14.1. The van der Waals surface area contributed by atoms with Gasteiger partial charge in [-0.3, -0.25) is 0 Å². The van der Waals surface area contributed by atoms with E-state index in [1.807, 2.05) is 11.3 Å². The molecular weight excluding hydrogens is 274 g/mol. The Morgan fingerprint density at radius 1 is 1.19 bits per heavy atom. The first-order valence-corrected chi connectivity index (χ1v) is 9.96. The third-order valence-electron chi connectivity index (χ3n) is 6.49. The molecule has 0 amide bonds. The minimum absolute atomic E-state index is 0.631. The number of rotatable bonds is 6. The molecule has 0 aromatic carbocycles. The van der Waals surface area contributed by atoms with Crippen LogP contribution in [0, 0.1) is 23.2 Å². The van der Waals surface area contributed by atoms with Crippen molar-refractivity contribution in [3.05, 3.63) is 22.4 Å². The van der Waals surface area contributed by atoms with E-state index in [-0.39, 0.29) is 0 Å². The number of thiophene rings is 1. The van der Waals surface area contributed by atoms with Crippen molar-refractivity contribution in [3.63, 3.8) is 0 Å². The van der Waals surface area contributed by atoms with Crippen LogP contribution in [0.1, 0.15) is 57.4 Å². The molecule has 0 spiro atoms. The minimum atomic E-state index is 0.631. The first-order chi connectivity index (χ1) is 10.3. The molecule has 4 aliphatic carbocycles. The SMILES string of the molecule is CCCNC(Cc1ccsc1)C12CC3CC(CC(C3)C1)C2. The molecule has 4 bridgehead atoms. The lowest BCUT2D eigenvalue weighted by Crippen LogP contribution is -2.56. The van der Waals surface area contributed by atoms with E-state index < -0.39 is 0 Å². The van der Waals surface area contributed by atoms with Gasteiger partial charge in [0.25, 0.3) is 0 Å². The summed E-state index contributed by atoms with van der Waals surface area (Å²) in [5.74, 6) is 3.18. The van der Waals surface area contributed by atoms with Crippen LogP contribution in [-0.4, -0.2) is 12.6 Å². The molecule has 1 unspecified atom stereocenters. The second kappa shape index (κ2) is 5.70. The Morgan fingerprint density at radius 3 is 2.38 bits per heavy atom. The fraction of sp³-hybridized carbons (Fsp3) is 0.789. The molecule has 1 N–H and O–H groups in total. The average molecular weight is 304 g/mol. The molecule has 1 atom stereocenters. The second-order valence-corrected chi connectivity index (χ2v) is 8.90. The zero-order chi connectivity index (χ0) is 14.3. The molecule has 0 radical (unpaired) electrons. The molecule has 0 saturated heterocycles. The number of hydrogen-bond donors (Lipinski definition) is 1. The Kier molecular flexibility index (Phi) is 3.87. The Hall–Kier alpha value is -0.340. The fourth-order valence-corrected chi connectivity index (χ4v) is 6.75. The topological polar surface area (TPSA) is 12.0 Å². The van der Waals surface area contributed by atoms with Crippen molar-refractivity contribution in [1.82, 2.24) is 5.32 Å². The summed E-state index contributed by atoms with van der Waals surface area (Å²) in [6.07, 6.45) is 11.7. The van der Waals surface area contributed by atoms with Gasteiger partial charge in [0.2, 0.25) is 0 Å². The second-order valence-electron chi connectivity index (χ2n) is 8.12. The maximum atomic E-state index is 3.97. The first kappa shape index (κ1) is 14.3. The van der Waals surface area contributed by atoms with Crippen LogP contribution in [0.2, 0.25) is 0 Å². The minimum Gasteiger partial charge on any atom is -0.313 e. The van der Waals surface area contributed by atoms with Crippen LogP contribution in [0.3, 0.4) is 0 Å². The lowest BCUT2D eigenvalue weighted by Gasteiger charge is -2.59. The van der Waals surface area contributed by atoms with Crippen molar-refractivity contribution in [2.24, 2.45) is 23.2 Å². The van der Waals surface area contributed by atoms with Gasteiger partial charge in [0, 0.05) is 6.04 Å². The Morgan fingerprint density at radius 2 is 1.86 bits per heavy atom. The molecule has 0 aliphatic heterocycles. The van der Waals surface area contributed by atoms with Crippen LogP contribution in [0.25, 0.3) is 0 Å². The van der Waals surface area contributed by atoms with E-state index in [1.54, 1.807) is 24.8 Å². The van der Waals surface area contributed by atoms with E-state index in [9.17, 15) is 0 Å². The van der Waals surface area contributed by atoms with Gasteiger partial charge in [0.05, 0.1) is 0 Å². The Bertz CT molecular complexity index is 429. The lowest BCUT2D eigenvalue weighted by molar-refractivity contribution is -0.0736. The summed E-state index contributed by atoms with van der Waals surface area (Å²) in [6, 6.07) is 3.06. The number of nitrogens with one attached hydrogen (secondary N) is 1. The maximum absolute atomic E-state index is 3.97. The van der Waals surface area contributed by atoms with E-state index in [4.69, 9.17) is 0 Å². The van der Waals surface area contributed by atoms with Crippen molar-refractivity contribution >= 4 is 11.3 Å². The summed E-state index contributed by atoms with van der Waals surface area (Å²) in [6.45, 7) is 3.49. The van der Waals surface area contributed by atoms with Gasteiger partial charge in [0.1, 0.15) is 0 Å². The highest BCUT2D eigenvalue weighted by molar-refractivity contribution is 7.07. The highest BCUT2D eigenvalue weighted by atomic mass is 32.1. The fourth-order valence-electron chi connectivity index (χ4n) is 6.07. The van der Waals surface area contributed by atoms with E-state index in [0.717, 1.165) is 23.8 Å². The van der Waals surface area contributed by atoms with Gasteiger partial charge in [-0.2, -0.15) is 11.3 Å². The Labute approximate surface area is 133 Å². The van der Waals surface area contributed by atoms with Crippen LogP contribution < -0.4 is 5.32 Å². The summed E-state index contributed by atoms with van der Waals surface area (Å²) in [5, 5.41) is 8.57. The van der Waals surface area contributed by atoms with Crippen LogP contribution in [-0.2, 0) is 6.42 Å². The zero-order valence-electron chi connectivity index (χ0n) is 13.3. The van der Waals surface area contributed by atoms with Gasteiger partial charge in [-0.25, -0.2) is 0 Å². The quantitative estimate of drug-likeness (QED) is 0.790. The predicted octanol–water partition coefficient (Wildman–Crippen LogP) is 4.88. The summed E-state index contributed by atoms with van der Waals surface area (Å²) in [7, 11) is 0. The molecule has 2 heteroatoms. The molecule has 1 nitrogen and oxygen atoms in total. The van der Waals surface area contributed by atoms with E-state index in [0.29, 0.717) is 5.41 Å². The summed E-state index contributed by atoms with van der Waals surface area (Å²) in [5.41, 5.74) is 2.19. The average Bonchev–Trinajstić information content (AvgIpc) is 2.94. The number of hydrogen-bond acceptors (Lipinski definition) is 2. The molecule has 1 heterocycles. The van der Waals surface area contributed by atoms with Crippen molar-refractivity contribution in [3.8, 4) is 0 Å². The van der Waals surface area contributed by atoms with Crippen LogP contribution >= 0.6 is 11.3 Å². The highest BCUT2D eigenvalue weighted by Crippen LogP contribution is 2.61. The van der Waals surface area contributed by atoms with E-state index in [2.05, 4.69) is 29.1 Å². The van der Waals surface area contributed by atoms with Crippen LogP contribution in [0.5, 0.6) is 0 Å². The largest absolute Gasteiger partial charge is 0.313 e. The van der Waals surface area contributed by atoms with Crippen molar-refractivity contribution < 1.29 is 0 Å². The molecular formula is C19H29NS. The highest BCUT2D eigenvalue weighted by Gasteiger charge is 2.53. The van der Waals surface area contributed by atoms with Crippen LogP contribution in [0.4, 0.5) is 0 Å². The molecule has 4 saturated carbocycles. The molecule has 4 aliphatic rings. The van der Waals surface area contributed by atoms with Gasteiger partial charge < -0.3 is 5.32 Å². The van der Waals surface area contributed by atoms with Gasteiger partial charge in [-0.05, 0) is 103 Å². The molecule has 21 heavy (non-hydrogen) atoms. The maximum Gasteiger partial charge on any atom is 0.0164 e. The standard InChI is InChI=1S/C19H29NS/c1-2-4-20-18(9-14-3-5-21-13-14)19-10-15-6-16(11-19)8-17(7-15)12-19/h3,5,13,15-18,20H,2,4,6-12H2,1H3. The smallest absolute Gasteiger partial charge is 0.0164 e.